The topological polar surface area (TPSA) is 26.0 Å². The maximum atomic E-state index is 13.2. The van der Waals surface area contributed by atoms with Crippen LogP contribution in [0.3, 0.4) is 0 Å². The van der Waals surface area contributed by atoms with Crippen LogP contribution >= 0.6 is 11.8 Å². The van der Waals surface area contributed by atoms with Gasteiger partial charge in [0.05, 0.1) is 0 Å². The van der Waals surface area contributed by atoms with Crippen molar-refractivity contribution in [1.29, 1.82) is 0 Å². The summed E-state index contributed by atoms with van der Waals surface area (Å²) in [5.41, 5.74) is 5.85. The van der Waals surface area contributed by atoms with Gasteiger partial charge >= 0.3 is 0 Å². The Hall–Kier alpha value is -0.610. The van der Waals surface area contributed by atoms with E-state index in [9.17, 15) is 8.78 Å². The van der Waals surface area contributed by atoms with Crippen molar-refractivity contribution in [3.05, 3.63) is 35.4 Å². The summed E-state index contributed by atoms with van der Waals surface area (Å²) in [6.07, 6.45) is 0.882. The van der Waals surface area contributed by atoms with Gasteiger partial charge in [0.1, 0.15) is 11.6 Å². The highest BCUT2D eigenvalue weighted by atomic mass is 32.2. The number of rotatable bonds is 5. The molecule has 0 amide bonds. The zero-order valence-electron chi connectivity index (χ0n) is 8.67. The first-order valence-corrected chi connectivity index (χ1v) is 6.06. The fourth-order valence-electron chi connectivity index (χ4n) is 1.10. The van der Waals surface area contributed by atoms with E-state index in [1.54, 1.807) is 0 Å². The number of hydrogen-bond donors (Lipinski definition) is 1. The molecule has 84 valence electrons. The molecule has 1 rings (SSSR count). The Labute approximate surface area is 93.1 Å². The van der Waals surface area contributed by atoms with Gasteiger partial charge in [-0.1, -0.05) is 13.0 Å². The molecular formula is C11H15F2NS. The van der Waals surface area contributed by atoms with Gasteiger partial charge in [-0.05, 0) is 18.6 Å². The largest absolute Gasteiger partial charge is 0.327 e. The molecular weight excluding hydrogens is 216 g/mol. The van der Waals surface area contributed by atoms with Gasteiger partial charge in [-0.15, -0.1) is 0 Å². The summed E-state index contributed by atoms with van der Waals surface area (Å²) in [4.78, 5) is 0. The van der Waals surface area contributed by atoms with Crippen LogP contribution in [0.5, 0.6) is 0 Å². The lowest BCUT2D eigenvalue weighted by molar-refractivity contribution is 0.566. The van der Waals surface area contributed by atoms with E-state index in [0.717, 1.165) is 12.2 Å². The van der Waals surface area contributed by atoms with Crippen LogP contribution in [0.2, 0.25) is 0 Å². The number of hydrogen-bond acceptors (Lipinski definition) is 2. The van der Waals surface area contributed by atoms with Crippen molar-refractivity contribution in [3.8, 4) is 0 Å². The zero-order valence-corrected chi connectivity index (χ0v) is 9.49. The van der Waals surface area contributed by atoms with Gasteiger partial charge in [0.2, 0.25) is 0 Å². The van der Waals surface area contributed by atoms with Crippen molar-refractivity contribution in [1.82, 2.24) is 0 Å². The third-order valence-corrected chi connectivity index (χ3v) is 3.32. The molecule has 15 heavy (non-hydrogen) atoms. The predicted molar refractivity (Wildman–Crippen MR) is 60.8 cm³/mol. The Bertz CT molecular complexity index is 297. The Balaban J connectivity index is 2.50. The van der Waals surface area contributed by atoms with Gasteiger partial charge in [-0.2, -0.15) is 11.8 Å². The van der Waals surface area contributed by atoms with E-state index in [4.69, 9.17) is 5.73 Å². The van der Waals surface area contributed by atoms with Crippen molar-refractivity contribution in [2.24, 2.45) is 5.73 Å². The van der Waals surface area contributed by atoms with E-state index in [1.807, 2.05) is 6.92 Å². The average molecular weight is 231 g/mol. The first kappa shape index (κ1) is 12.5. The second kappa shape index (κ2) is 6.08. The summed E-state index contributed by atoms with van der Waals surface area (Å²) in [6.45, 7) is 1.99. The zero-order chi connectivity index (χ0) is 11.3. The monoisotopic (exact) mass is 231 g/mol. The highest BCUT2D eigenvalue weighted by Gasteiger charge is 2.08. The van der Waals surface area contributed by atoms with Crippen LogP contribution in [0.1, 0.15) is 18.9 Å². The van der Waals surface area contributed by atoms with Crippen molar-refractivity contribution >= 4 is 11.8 Å². The summed E-state index contributed by atoms with van der Waals surface area (Å²) >= 11 is 1.46. The van der Waals surface area contributed by atoms with Crippen molar-refractivity contribution in [2.75, 3.05) is 5.75 Å². The van der Waals surface area contributed by atoms with Crippen LogP contribution in [0.4, 0.5) is 8.78 Å². The molecule has 1 atom stereocenters. The van der Waals surface area contributed by atoms with E-state index < -0.39 is 11.6 Å². The molecule has 4 heteroatoms. The van der Waals surface area contributed by atoms with E-state index in [-0.39, 0.29) is 11.6 Å². The molecule has 0 saturated carbocycles. The lowest BCUT2D eigenvalue weighted by Crippen LogP contribution is -2.21. The molecule has 2 N–H and O–H groups in total. The molecule has 0 heterocycles. The summed E-state index contributed by atoms with van der Waals surface area (Å²) in [7, 11) is 0. The first-order valence-electron chi connectivity index (χ1n) is 4.91. The molecule has 1 aromatic carbocycles. The molecule has 1 unspecified atom stereocenters. The molecule has 0 aliphatic rings. The molecule has 0 spiro atoms. The predicted octanol–water partition coefficient (Wildman–Crippen LogP) is 2.94. The van der Waals surface area contributed by atoms with Crippen LogP contribution in [0, 0.1) is 11.6 Å². The van der Waals surface area contributed by atoms with Crippen LogP contribution in [0.25, 0.3) is 0 Å². The van der Waals surface area contributed by atoms with E-state index in [2.05, 4.69) is 0 Å². The van der Waals surface area contributed by atoms with Gasteiger partial charge < -0.3 is 5.73 Å². The summed E-state index contributed by atoms with van der Waals surface area (Å²) in [6, 6.07) is 4.03. The maximum Gasteiger partial charge on any atom is 0.130 e. The number of thioether (sulfide) groups is 1. The van der Waals surface area contributed by atoms with Crippen molar-refractivity contribution in [3.63, 3.8) is 0 Å². The Kier molecular flexibility index (Phi) is 5.05. The molecule has 1 aromatic rings. The van der Waals surface area contributed by atoms with Gasteiger partial charge in [0.25, 0.3) is 0 Å². The lowest BCUT2D eigenvalue weighted by Gasteiger charge is -2.08. The fraction of sp³-hybridized carbons (Fsp3) is 0.455. The minimum atomic E-state index is -0.479. The van der Waals surface area contributed by atoms with E-state index in [1.165, 1.54) is 30.0 Å². The van der Waals surface area contributed by atoms with E-state index >= 15 is 0 Å². The number of halogens is 2. The van der Waals surface area contributed by atoms with Gasteiger partial charge in [0.15, 0.2) is 0 Å². The molecule has 0 aliphatic carbocycles. The highest BCUT2D eigenvalue weighted by Crippen LogP contribution is 2.19. The number of nitrogens with two attached hydrogens (primary N) is 1. The summed E-state index contributed by atoms with van der Waals surface area (Å²) in [5.74, 6) is 0.108. The van der Waals surface area contributed by atoms with Crippen molar-refractivity contribution < 1.29 is 8.78 Å². The standard InChI is InChI=1S/C11H15F2NS/c1-2-8(14)6-15-7-9-10(12)4-3-5-11(9)13/h3-5,8H,2,6-7,14H2,1H3. The van der Waals surface area contributed by atoms with Gasteiger partial charge in [0, 0.05) is 23.1 Å². The third kappa shape index (κ3) is 3.80. The fourth-order valence-corrected chi connectivity index (χ4v) is 2.24. The van der Waals surface area contributed by atoms with Crippen LogP contribution in [-0.4, -0.2) is 11.8 Å². The van der Waals surface area contributed by atoms with Crippen LogP contribution in [-0.2, 0) is 5.75 Å². The Morgan fingerprint density at radius 2 is 1.93 bits per heavy atom. The SMILES string of the molecule is CCC(N)CSCc1c(F)cccc1F. The lowest BCUT2D eigenvalue weighted by atomic mass is 10.2. The molecule has 0 aliphatic heterocycles. The van der Waals surface area contributed by atoms with Crippen molar-refractivity contribution in [2.45, 2.75) is 25.1 Å². The van der Waals surface area contributed by atoms with E-state index in [0.29, 0.717) is 5.75 Å². The average Bonchev–Trinajstić information content (AvgIpc) is 2.22. The normalized spacial score (nSPS) is 12.8. The molecule has 0 fully saturated rings. The molecule has 0 radical (unpaired) electrons. The first-order chi connectivity index (χ1) is 7.15. The summed E-state index contributed by atoms with van der Waals surface area (Å²) in [5, 5.41) is 0. The number of benzene rings is 1. The van der Waals surface area contributed by atoms with Crippen LogP contribution < -0.4 is 5.73 Å². The van der Waals surface area contributed by atoms with Gasteiger partial charge in [-0.3, -0.25) is 0 Å². The molecule has 0 saturated heterocycles. The minimum Gasteiger partial charge on any atom is -0.327 e. The third-order valence-electron chi connectivity index (χ3n) is 2.16. The van der Waals surface area contributed by atoms with Gasteiger partial charge in [-0.25, -0.2) is 8.78 Å². The van der Waals surface area contributed by atoms with Crippen LogP contribution in [0.15, 0.2) is 18.2 Å². The second-order valence-electron chi connectivity index (χ2n) is 3.38. The smallest absolute Gasteiger partial charge is 0.130 e. The minimum absolute atomic E-state index is 0.102. The quantitative estimate of drug-likeness (QED) is 0.843. The molecule has 0 aromatic heterocycles. The Morgan fingerprint density at radius 3 is 2.47 bits per heavy atom. The summed E-state index contributed by atoms with van der Waals surface area (Å²) < 4.78 is 26.3. The Morgan fingerprint density at radius 1 is 1.33 bits per heavy atom. The molecule has 1 nitrogen and oxygen atoms in total. The highest BCUT2D eigenvalue weighted by molar-refractivity contribution is 7.98. The second-order valence-corrected chi connectivity index (χ2v) is 4.41. The maximum absolute atomic E-state index is 13.2. The molecule has 0 bridgehead atoms.